The number of ether oxygens (including phenoxy) is 1. The van der Waals surface area contributed by atoms with Gasteiger partial charge in [0.2, 0.25) is 0 Å². The second kappa shape index (κ2) is 2.98. The molecule has 8 heteroatoms. The predicted molar refractivity (Wildman–Crippen MR) is 30.3 cm³/mol. The zero-order valence-corrected chi connectivity index (χ0v) is 6.55. The van der Waals surface area contributed by atoms with Gasteiger partial charge in [-0.25, -0.2) is 4.39 Å². The summed E-state index contributed by atoms with van der Waals surface area (Å²) in [7, 11) is 0. The van der Waals surface area contributed by atoms with Crippen LogP contribution in [0.15, 0.2) is 0 Å². The Morgan fingerprint density at radius 3 is 1.50 bits per heavy atom. The third-order valence-electron chi connectivity index (χ3n) is 1.81. The molecule has 0 aromatic heterocycles. The predicted octanol–water partition coefficient (Wildman–Crippen LogP) is 2.61. The van der Waals surface area contributed by atoms with Gasteiger partial charge in [-0.3, -0.25) is 0 Å². The zero-order valence-electron chi connectivity index (χ0n) is 6.55. The molecule has 1 rings (SSSR count). The molecule has 0 aliphatic carbocycles. The van der Waals surface area contributed by atoms with Crippen LogP contribution in [-0.4, -0.2) is 30.7 Å². The van der Waals surface area contributed by atoms with E-state index in [0.29, 0.717) is 0 Å². The summed E-state index contributed by atoms with van der Waals surface area (Å²) >= 11 is 0. The molecule has 1 nitrogen and oxygen atoms in total. The second-order valence-corrected chi connectivity index (χ2v) is 2.96. The maximum absolute atomic E-state index is 12.8. The van der Waals surface area contributed by atoms with Crippen LogP contribution in [-0.2, 0) is 4.74 Å². The van der Waals surface area contributed by atoms with Crippen LogP contribution in [0, 0.1) is 0 Å². The Balaban J connectivity index is 2.88. The number of alkyl halides is 7. The lowest BCUT2D eigenvalue weighted by atomic mass is 9.98. The summed E-state index contributed by atoms with van der Waals surface area (Å²) in [6.07, 6.45) is -14.9. The van der Waals surface area contributed by atoms with E-state index in [1.807, 2.05) is 0 Å². The van der Waals surface area contributed by atoms with Crippen molar-refractivity contribution in [3.8, 4) is 0 Å². The van der Waals surface area contributed by atoms with E-state index in [9.17, 15) is 30.7 Å². The summed E-state index contributed by atoms with van der Waals surface area (Å²) in [4.78, 5) is 0. The largest absolute Gasteiger partial charge is 0.431 e. The summed E-state index contributed by atoms with van der Waals surface area (Å²) in [6.45, 7) is -0.266. The Morgan fingerprint density at radius 2 is 1.29 bits per heavy atom. The van der Waals surface area contributed by atoms with Crippen LogP contribution in [0.1, 0.15) is 6.42 Å². The van der Waals surface area contributed by atoms with Crippen LogP contribution in [0.5, 0.6) is 0 Å². The SMILES string of the molecule is FC(F)(F)C(F)(C[C@H]1CO1)C(F)(F)F. The van der Waals surface area contributed by atoms with Crippen molar-refractivity contribution < 1.29 is 35.5 Å². The maximum atomic E-state index is 12.8. The monoisotopic (exact) mass is 226 g/mol. The van der Waals surface area contributed by atoms with E-state index in [0.717, 1.165) is 0 Å². The molecule has 84 valence electrons. The molecule has 1 aliphatic rings. The van der Waals surface area contributed by atoms with Crippen molar-refractivity contribution in [2.24, 2.45) is 0 Å². The lowest BCUT2D eigenvalue weighted by molar-refractivity contribution is -0.344. The Labute approximate surface area is 73.8 Å². The first-order chi connectivity index (χ1) is 6.08. The second-order valence-electron chi connectivity index (χ2n) is 2.96. The lowest BCUT2D eigenvalue weighted by Gasteiger charge is -2.29. The van der Waals surface area contributed by atoms with E-state index in [1.165, 1.54) is 0 Å². The molecule has 0 unspecified atom stereocenters. The van der Waals surface area contributed by atoms with Gasteiger partial charge >= 0.3 is 18.0 Å². The molecule has 0 bridgehead atoms. The van der Waals surface area contributed by atoms with Gasteiger partial charge in [0.15, 0.2) is 0 Å². The van der Waals surface area contributed by atoms with Crippen LogP contribution in [0.2, 0.25) is 0 Å². The first kappa shape index (κ1) is 11.5. The van der Waals surface area contributed by atoms with E-state index >= 15 is 0 Å². The van der Waals surface area contributed by atoms with Gasteiger partial charge in [-0.1, -0.05) is 0 Å². The van der Waals surface area contributed by atoms with Gasteiger partial charge in [-0.15, -0.1) is 0 Å². The summed E-state index contributed by atoms with van der Waals surface area (Å²) in [5.41, 5.74) is -5.17. The van der Waals surface area contributed by atoms with Crippen molar-refractivity contribution in [1.82, 2.24) is 0 Å². The molecule has 1 atom stereocenters. The molecule has 0 aromatic rings. The van der Waals surface area contributed by atoms with Crippen molar-refractivity contribution in [3.05, 3.63) is 0 Å². The lowest BCUT2D eigenvalue weighted by Crippen LogP contribution is -2.54. The summed E-state index contributed by atoms with van der Waals surface area (Å²) < 4.78 is 87.9. The number of halogens is 7. The molecule has 0 N–H and O–H groups in total. The van der Waals surface area contributed by atoms with Gasteiger partial charge in [-0.05, 0) is 0 Å². The molecular formula is C6H5F7O. The zero-order chi connectivity index (χ0) is 11.2. The Kier molecular flexibility index (Phi) is 2.46. The van der Waals surface area contributed by atoms with Gasteiger partial charge in [0.25, 0.3) is 0 Å². The molecule has 0 aromatic carbocycles. The van der Waals surface area contributed by atoms with Gasteiger partial charge in [-0.2, -0.15) is 26.3 Å². The quantitative estimate of drug-likeness (QED) is 0.520. The Morgan fingerprint density at radius 1 is 0.929 bits per heavy atom. The molecule has 0 amide bonds. The Bertz CT molecular complexity index is 199. The third kappa shape index (κ3) is 1.94. The van der Waals surface area contributed by atoms with Crippen molar-refractivity contribution in [2.45, 2.75) is 30.5 Å². The highest BCUT2D eigenvalue weighted by Crippen LogP contribution is 2.50. The molecular weight excluding hydrogens is 221 g/mol. The fourth-order valence-corrected chi connectivity index (χ4v) is 0.892. The normalized spacial score (nSPS) is 23.8. The standard InChI is InChI=1S/C6H5F7O/c7-4(5(8,9)10,6(11,12)13)1-3-2-14-3/h3H,1-2H2/t3-/m0/s1. The van der Waals surface area contributed by atoms with E-state index < -0.39 is 30.5 Å². The first-order valence-corrected chi connectivity index (χ1v) is 3.52. The van der Waals surface area contributed by atoms with Crippen molar-refractivity contribution in [1.29, 1.82) is 0 Å². The van der Waals surface area contributed by atoms with Gasteiger partial charge in [0.1, 0.15) is 0 Å². The van der Waals surface area contributed by atoms with E-state index in [-0.39, 0.29) is 6.61 Å². The molecule has 1 fully saturated rings. The summed E-state index contributed by atoms with van der Waals surface area (Å²) in [5.74, 6) is 0. The van der Waals surface area contributed by atoms with Crippen LogP contribution in [0.3, 0.4) is 0 Å². The minimum atomic E-state index is -5.96. The molecule has 0 spiro atoms. The smallest absolute Gasteiger partial charge is 0.373 e. The fraction of sp³-hybridized carbons (Fsp3) is 1.00. The summed E-state index contributed by atoms with van der Waals surface area (Å²) in [6, 6.07) is 0. The number of hydrogen-bond acceptors (Lipinski definition) is 1. The highest BCUT2D eigenvalue weighted by atomic mass is 19.4. The highest BCUT2D eigenvalue weighted by molar-refractivity contribution is 4.98. The van der Waals surface area contributed by atoms with Crippen LogP contribution in [0.4, 0.5) is 30.7 Å². The number of epoxide rings is 1. The Hall–Kier alpha value is -0.530. The maximum Gasteiger partial charge on any atom is 0.431 e. The third-order valence-corrected chi connectivity index (χ3v) is 1.81. The van der Waals surface area contributed by atoms with Gasteiger partial charge in [0.05, 0.1) is 12.7 Å². The van der Waals surface area contributed by atoms with Crippen LogP contribution in [0.25, 0.3) is 0 Å². The topological polar surface area (TPSA) is 12.5 Å². The highest BCUT2D eigenvalue weighted by Gasteiger charge is 2.73. The van der Waals surface area contributed by atoms with E-state index in [2.05, 4.69) is 4.74 Å². The van der Waals surface area contributed by atoms with Crippen LogP contribution >= 0.6 is 0 Å². The van der Waals surface area contributed by atoms with E-state index in [4.69, 9.17) is 0 Å². The first-order valence-electron chi connectivity index (χ1n) is 3.52. The average Bonchev–Trinajstić information content (AvgIpc) is 2.65. The number of hydrogen-bond donors (Lipinski definition) is 0. The molecule has 0 saturated carbocycles. The minimum absolute atomic E-state index is 0.266. The van der Waals surface area contributed by atoms with Crippen LogP contribution < -0.4 is 0 Å². The number of rotatable bonds is 2. The average molecular weight is 226 g/mol. The summed E-state index contributed by atoms with van der Waals surface area (Å²) in [5, 5.41) is 0. The molecule has 1 aliphatic heterocycles. The van der Waals surface area contributed by atoms with Crippen molar-refractivity contribution in [3.63, 3.8) is 0 Å². The molecule has 1 heterocycles. The minimum Gasteiger partial charge on any atom is -0.373 e. The van der Waals surface area contributed by atoms with Crippen molar-refractivity contribution >= 4 is 0 Å². The van der Waals surface area contributed by atoms with Gasteiger partial charge < -0.3 is 4.74 Å². The molecule has 14 heavy (non-hydrogen) atoms. The molecule has 1 saturated heterocycles. The van der Waals surface area contributed by atoms with Gasteiger partial charge in [0, 0.05) is 6.42 Å². The molecule has 0 radical (unpaired) electrons. The fourth-order valence-electron chi connectivity index (χ4n) is 0.892. The van der Waals surface area contributed by atoms with Crippen molar-refractivity contribution in [2.75, 3.05) is 6.61 Å². The van der Waals surface area contributed by atoms with E-state index in [1.54, 1.807) is 0 Å².